The maximum absolute atomic E-state index is 11.9. The first-order chi connectivity index (χ1) is 10.1. The summed E-state index contributed by atoms with van der Waals surface area (Å²) in [4.78, 5) is 23.6. The van der Waals surface area contributed by atoms with Gasteiger partial charge in [-0.3, -0.25) is 9.59 Å². The number of hydrogen-bond acceptors (Lipinski definition) is 5. The van der Waals surface area contributed by atoms with Crippen molar-refractivity contribution < 1.29 is 23.8 Å². The minimum absolute atomic E-state index is 0.154. The molecule has 0 aliphatic carbocycles. The van der Waals surface area contributed by atoms with E-state index in [0.717, 1.165) is 0 Å². The van der Waals surface area contributed by atoms with Gasteiger partial charge in [0.15, 0.2) is 0 Å². The van der Waals surface area contributed by atoms with Gasteiger partial charge in [0.05, 0.1) is 24.5 Å². The zero-order valence-electron chi connectivity index (χ0n) is 16.2. The van der Waals surface area contributed by atoms with Crippen molar-refractivity contribution in [3.63, 3.8) is 0 Å². The summed E-state index contributed by atoms with van der Waals surface area (Å²) in [6.45, 7) is 16.9. The standard InChI is InChI=1S/C18H34O5/c1-13(2)15(20)23-17(6,7)10-11-21-18(8,9)12-14(19)22-16(3,4)5/h13H,10-12H2,1-9H3. The average Bonchev–Trinajstić information content (AvgIpc) is 2.22. The van der Waals surface area contributed by atoms with E-state index in [0.29, 0.717) is 13.0 Å². The molecule has 0 unspecified atom stereocenters. The lowest BCUT2D eigenvalue weighted by Gasteiger charge is -2.30. The highest BCUT2D eigenvalue weighted by molar-refractivity contribution is 5.72. The maximum Gasteiger partial charge on any atom is 0.309 e. The van der Waals surface area contributed by atoms with Gasteiger partial charge in [-0.05, 0) is 48.5 Å². The molecule has 5 nitrogen and oxygen atoms in total. The average molecular weight is 330 g/mol. The molecule has 0 aliphatic rings. The molecule has 0 amide bonds. The molecule has 23 heavy (non-hydrogen) atoms. The van der Waals surface area contributed by atoms with Crippen molar-refractivity contribution >= 4 is 11.9 Å². The van der Waals surface area contributed by atoms with Crippen LogP contribution in [0.5, 0.6) is 0 Å². The summed E-state index contributed by atoms with van der Waals surface area (Å²) in [6, 6.07) is 0. The fourth-order valence-corrected chi connectivity index (χ4v) is 1.79. The quantitative estimate of drug-likeness (QED) is 0.632. The first kappa shape index (κ1) is 21.9. The lowest BCUT2D eigenvalue weighted by atomic mass is 10.0. The number of esters is 2. The minimum Gasteiger partial charge on any atom is -0.460 e. The van der Waals surface area contributed by atoms with Crippen molar-refractivity contribution in [2.45, 2.75) is 92.0 Å². The Bertz CT molecular complexity index is 402. The van der Waals surface area contributed by atoms with Crippen LogP contribution in [0, 0.1) is 5.92 Å². The first-order valence-corrected chi connectivity index (χ1v) is 8.22. The van der Waals surface area contributed by atoms with E-state index in [-0.39, 0.29) is 24.3 Å². The van der Waals surface area contributed by atoms with Crippen LogP contribution < -0.4 is 0 Å². The van der Waals surface area contributed by atoms with Crippen LogP contribution >= 0.6 is 0 Å². The van der Waals surface area contributed by atoms with E-state index in [1.54, 1.807) is 13.8 Å². The van der Waals surface area contributed by atoms with Crippen LogP contribution in [0.15, 0.2) is 0 Å². The van der Waals surface area contributed by atoms with Gasteiger partial charge in [0, 0.05) is 6.42 Å². The lowest BCUT2D eigenvalue weighted by molar-refractivity contribution is -0.165. The van der Waals surface area contributed by atoms with Gasteiger partial charge in [0.25, 0.3) is 0 Å². The second-order valence-corrected chi connectivity index (χ2v) is 8.46. The van der Waals surface area contributed by atoms with Gasteiger partial charge in [-0.1, -0.05) is 13.8 Å². The highest BCUT2D eigenvalue weighted by atomic mass is 16.6. The van der Waals surface area contributed by atoms with Crippen LogP contribution in [-0.2, 0) is 23.8 Å². The molecule has 0 saturated carbocycles. The van der Waals surface area contributed by atoms with E-state index in [2.05, 4.69) is 0 Å². The largest absolute Gasteiger partial charge is 0.460 e. The van der Waals surface area contributed by atoms with Gasteiger partial charge in [-0.2, -0.15) is 0 Å². The number of carbonyl (C=O) groups excluding carboxylic acids is 2. The predicted molar refractivity (Wildman–Crippen MR) is 90.1 cm³/mol. The third kappa shape index (κ3) is 11.1. The molecule has 0 N–H and O–H groups in total. The molecule has 0 fully saturated rings. The fourth-order valence-electron chi connectivity index (χ4n) is 1.79. The van der Waals surface area contributed by atoms with Crippen LogP contribution in [0.1, 0.15) is 75.2 Å². The van der Waals surface area contributed by atoms with Gasteiger partial charge < -0.3 is 14.2 Å². The summed E-state index contributed by atoms with van der Waals surface area (Å²) < 4.78 is 16.6. The van der Waals surface area contributed by atoms with Crippen LogP contribution in [0.4, 0.5) is 0 Å². The molecule has 0 aromatic carbocycles. The monoisotopic (exact) mass is 330 g/mol. The topological polar surface area (TPSA) is 61.8 Å². The van der Waals surface area contributed by atoms with Gasteiger partial charge >= 0.3 is 11.9 Å². The third-order valence-corrected chi connectivity index (χ3v) is 3.04. The fraction of sp³-hybridized carbons (Fsp3) is 0.889. The van der Waals surface area contributed by atoms with Crippen molar-refractivity contribution in [2.75, 3.05) is 6.61 Å². The van der Waals surface area contributed by atoms with E-state index in [1.165, 1.54) is 0 Å². The Labute approximate surface area is 141 Å². The molecule has 0 spiro atoms. The number of carbonyl (C=O) groups is 2. The molecular weight excluding hydrogens is 296 g/mol. The van der Waals surface area contributed by atoms with Gasteiger partial charge in [0.1, 0.15) is 11.2 Å². The molecule has 0 aliphatic heterocycles. The van der Waals surface area contributed by atoms with Crippen molar-refractivity contribution in [2.24, 2.45) is 5.92 Å². The molecule has 0 atom stereocenters. The number of ether oxygens (including phenoxy) is 3. The highest BCUT2D eigenvalue weighted by Crippen LogP contribution is 2.22. The Morgan fingerprint density at radius 3 is 1.83 bits per heavy atom. The van der Waals surface area contributed by atoms with E-state index in [1.807, 2.05) is 48.5 Å². The summed E-state index contributed by atoms with van der Waals surface area (Å²) in [6.07, 6.45) is 0.736. The molecule has 0 aromatic rings. The molecule has 0 rings (SSSR count). The van der Waals surface area contributed by atoms with Crippen LogP contribution in [-0.4, -0.2) is 35.3 Å². The SMILES string of the molecule is CC(C)C(=O)OC(C)(C)CCOC(C)(C)CC(=O)OC(C)(C)C. The van der Waals surface area contributed by atoms with Gasteiger partial charge in [0.2, 0.25) is 0 Å². The molecule has 0 radical (unpaired) electrons. The van der Waals surface area contributed by atoms with Crippen LogP contribution in [0.3, 0.4) is 0 Å². The summed E-state index contributed by atoms with van der Waals surface area (Å²) >= 11 is 0. The Hall–Kier alpha value is -1.10. The molecule has 0 aromatic heterocycles. The van der Waals surface area contributed by atoms with Crippen LogP contribution in [0.2, 0.25) is 0 Å². The van der Waals surface area contributed by atoms with E-state index < -0.39 is 16.8 Å². The number of rotatable bonds is 8. The first-order valence-electron chi connectivity index (χ1n) is 8.22. The zero-order chi connectivity index (χ0) is 18.5. The maximum atomic E-state index is 11.9. The van der Waals surface area contributed by atoms with E-state index >= 15 is 0 Å². The smallest absolute Gasteiger partial charge is 0.309 e. The van der Waals surface area contributed by atoms with E-state index in [4.69, 9.17) is 14.2 Å². The predicted octanol–water partition coefficient (Wildman–Crippen LogP) is 3.88. The highest BCUT2D eigenvalue weighted by Gasteiger charge is 2.29. The second-order valence-electron chi connectivity index (χ2n) is 8.46. The molecule has 0 heterocycles. The molecule has 136 valence electrons. The second kappa shape index (κ2) is 8.13. The Kier molecular flexibility index (Phi) is 7.74. The van der Waals surface area contributed by atoms with Crippen molar-refractivity contribution in [3.05, 3.63) is 0 Å². The summed E-state index contributed by atoms with van der Waals surface area (Å²) in [5.41, 5.74) is -1.72. The van der Waals surface area contributed by atoms with Gasteiger partial charge in [-0.25, -0.2) is 0 Å². The number of hydrogen-bond donors (Lipinski definition) is 0. The Balaban J connectivity index is 4.33. The van der Waals surface area contributed by atoms with Gasteiger partial charge in [-0.15, -0.1) is 0 Å². The molecule has 0 bridgehead atoms. The molecule has 5 heteroatoms. The van der Waals surface area contributed by atoms with Crippen molar-refractivity contribution in [1.29, 1.82) is 0 Å². The van der Waals surface area contributed by atoms with Crippen LogP contribution in [0.25, 0.3) is 0 Å². The summed E-state index contributed by atoms with van der Waals surface area (Å²) in [7, 11) is 0. The third-order valence-electron chi connectivity index (χ3n) is 3.04. The van der Waals surface area contributed by atoms with Crippen molar-refractivity contribution in [1.82, 2.24) is 0 Å². The minimum atomic E-state index is -0.625. The Morgan fingerprint density at radius 1 is 0.870 bits per heavy atom. The van der Waals surface area contributed by atoms with Crippen molar-refractivity contribution in [3.8, 4) is 0 Å². The molecular formula is C18H34O5. The van der Waals surface area contributed by atoms with E-state index in [9.17, 15) is 9.59 Å². The zero-order valence-corrected chi connectivity index (χ0v) is 16.2. The summed E-state index contributed by atoms with van der Waals surface area (Å²) in [5, 5.41) is 0. The summed E-state index contributed by atoms with van der Waals surface area (Å²) in [5.74, 6) is -0.658. The lowest BCUT2D eigenvalue weighted by Crippen LogP contribution is -2.35. The molecule has 0 saturated heterocycles. The normalized spacial score (nSPS) is 13.1. The Morgan fingerprint density at radius 2 is 1.39 bits per heavy atom.